The summed E-state index contributed by atoms with van der Waals surface area (Å²) in [5.41, 5.74) is 6.67. The van der Waals surface area contributed by atoms with Crippen LogP contribution in [0, 0.1) is 13.8 Å². The second-order valence-electron chi connectivity index (χ2n) is 5.97. The van der Waals surface area contributed by atoms with Crippen molar-refractivity contribution in [2.24, 2.45) is 0 Å². The van der Waals surface area contributed by atoms with Crippen LogP contribution in [-0.2, 0) is 0 Å². The predicted octanol–water partition coefficient (Wildman–Crippen LogP) is 5.60. The molecule has 1 unspecified atom stereocenters. The van der Waals surface area contributed by atoms with E-state index in [4.69, 9.17) is 0 Å². The van der Waals surface area contributed by atoms with Gasteiger partial charge in [-0.1, -0.05) is 55.8 Å². The molecule has 0 radical (unpaired) electrons. The summed E-state index contributed by atoms with van der Waals surface area (Å²) in [5.74, 6) is 0.532. The molecule has 0 aliphatic carbocycles. The van der Waals surface area contributed by atoms with Crippen molar-refractivity contribution < 1.29 is 0 Å². The van der Waals surface area contributed by atoms with E-state index in [9.17, 15) is 0 Å². The maximum atomic E-state index is 3.67. The number of para-hydroxylation sites is 1. The molecule has 2 aromatic rings. The molecule has 0 aliphatic heterocycles. The van der Waals surface area contributed by atoms with Gasteiger partial charge in [-0.15, -0.1) is 0 Å². The minimum absolute atomic E-state index is 0.315. The topological polar surface area (TPSA) is 12.0 Å². The van der Waals surface area contributed by atoms with Crippen LogP contribution >= 0.6 is 0 Å². The van der Waals surface area contributed by atoms with Gasteiger partial charge >= 0.3 is 0 Å². The van der Waals surface area contributed by atoms with Crippen LogP contribution in [0.5, 0.6) is 0 Å². The third-order valence-corrected chi connectivity index (χ3v) is 3.85. The maximum absolute atomic E-state index is 3.67. The second-order valence-corrected chi connectivity index (χ2v) is 5.97. The lowest BCUT2D eigenvalue weighted by atomic mass is 9.98. The molecule has 0 bridgehead atoms. The minimum Gasteiger partial charge on any atom is -0.378 e. The van der Waals surface area contributed by atoms with Crippen molar-refractivity contribution >= 4 is 5.69 Å². The van der Waals surface area contributed by atoms with Crippen molar-refractivity contribution in [3.63, 3.8) is 0 Å². The number of nitrogens with one attached hydrogen (secondary N) is 1. The molecule has 0 saturated carbocycles. The van der Waals surface area contributed by atoms with Gasteiger partial charge in [-0.25, -0.2) is 0 Å². The number of aryl methyl sites for hydroxylation is 2. The zero-order chi connectivity index (χ0) is 14.7. The van der Waals surface area contributed by atoms with E-state index in [1.165, 1.54) is 27.9 Å². The Bertz CT molecular complexity index is 584. The van der Waals surface area contributed by atoms with Gasteiger partial charge in [-0.3, -0.25) is 0 Å². The molecule has 0 spiro atoms. The molecule has 0 heterocycles. The Balaban J connectivity index is 2.26. The number of anilines is 1. The van der Waals surface area contributed by atoms with Gasteiger partial charge in [0, 0.05) is 11.7 Å². The number of rotatable bonds is 4. The first kappa shape index (κ1) is 14.6. The van der Waals surface area contributed by atoms with E-state index >= 15 is 0 Å². The van der Waals surface area contributed by atoms with Crippen LogP contribution in [0.15, 0.2) is 42.5 Å². The van der Waals surface area contributed by atoms with Gasteiger partial charge in [-0.05, 0) is 49.4 Å². The standard InChI is InChI=1S/C19H25N/c1-13(2)17-8-6-7-9-19(17)20-16(5)18-11-10-14(3)12-15(18)4/h6-13,16,20H,1-5H3. The van der Waals surface area contributed by atoms with Gasteiger partial charge < -0.3 is 5.32 Å². The molecule has 106 valence electrons. The van der Waals surface area contributed by atoms with Crippen molar-refractivity contribution in [3.8, 4) is 0 Å². The zero-order valence-corrected chi connectivity index (χ0v) is 13.2. The van der Waals surface area contributed by atoms with Crippen LogP contribution in [0.25, 0.3) is 0 Å². The minimum atomic E-state index is 0.315. The fraction of sp³-hybridized carbons (Fsp3) is 0.368. The summed E-state index contributed by atoms with van der Waals surface area (Å²) in [6.45, 7) is 11.0. The Kier molecular flexibility index (Phi) is 4.49. The lowest BCUT2D eigenvalue weighted by Crippen LogP contribution is -2.10. The SMILES string of the molecule is Cc1ccc(C(C)Nc2ccccc2C(C)C)c(C)c1. The highest BCUT2D eigenvalue weighted by Gasteiger charge is 2.11. The average Bonchev–Trinajstić information content (AvgIpc) is 2.38. The highest BCUT2D eigenvalue weighted by atomic mass is 14.9. The molecule has 1 N–H and O–H groups in total. The molecular formula is C19H25N. The van der Waals surface area contributed by atoms with Crippen LogP contribution in [0.2, 0.25) is 0 Å². The third-order valence-electron chi connectivity index (χ3n) is 3.85. The predicted molar refractivity (Wildman–Crippen MR) is 88.5 cm³/mol. The van der Waals surface area contributed by atoms with Crippen molar-refractivity contribution in [1.82, 2.24) is 0 Å². The Morgan fingerprint density at radius 3 is 2.20 bits per heavy atom. The first-order valence-electron chi connectivity index (χ1n) is 7.41. The van der Waals surface area contributed by atoms with Gasteiger partial charge in [-0.2, -0.15) is 0 Å². The molecule has 0 aromatic heterocycles. The number of benzene rings is 2. The fourth-order valence-electron chi connectivity index (χ4n) is 2.75. The van der Waals surface area contributed by atoms with Gasteiger partial charge in [0.25, 0.3) is 0 Å². The highest BCUT2D eigenvalue weighted by Crippen LogP contribution is 2.28. The summed E-state index contributed by atoms with van der Waals surface area (Å²) in [5, 5.41) is 3.67. The van der Waals surface area contributed by atoms with Crippen molar-refractivity contribution in [2.45, 2.75) is 46.6 Å². The van der Waals surface area contributed by atoms with E-state index in [0.717, 1.165) is 0 Å². The molecule has 1 atom stereocenters. The molecule has 20 heavy (non-hydrogen) atoms. The Morgan fingerprint density at radius 1 is 0.850 bits per heavy atom. The van der Waals surface area contributed by atoms with Gasteiger partial charge in [0.1, 0.15) is 0 Å². The van der Waals surface area contributed by atoms with Crippen LogP contribution < -0.4 is 5.32 Å². The molecule has 0 amide bonds. The summed E-state index contributed by atoms with van der Waals surface area (Å²) in [6, 6.07) is 15.6. The smallest absolute Gasteiger partial charge is 0.0488 e. The third kappa shape index (κ3) is 3.22. The zero-order valence-electron chi connectivity index (χ0n) is 13.2. The molecule has 0 saturated heterocycles. The summed E-state index contributed by atoms with van der Waals surface area (Å²) < 4.78 is 0. The Labute approximate surface area is 123 Å². The molecule has 0 aliphatic rings. The van der Waals surface area contributed by atoms with Crippen LogP contribution in [-0.4, -0.2) is 0 Å². The second kappa shape index (κ2) is 6.13. The van der Waals surface area contributed by atoms with E-state index in [1.807, 2.05) is 0 Å². The highest BCUT2D eigenvalue weighted by molar-refractivity contribution is 5.54. The first-order chi connectivity index (χ1) is 9.49. The molecule has 1 nitrogen and oxygen atoms in total. The van der Waals surface area contributed by atoms with E-state index in [2.05, 4.69) is 82.4 Å². The quantitative estimate of drug-likeness (QED) is 0.760. The van der Waals surface area contributed by atoms with Gasteiger partial charge in [0.05, 0.1) is 0 Å². The van der Waals surface area contributed by atoms with Crippen LogP contribution in [0.3, 0.4) is 0 Å². The van der Waals surface area contributed by atoms with Gasteiger partial charge in [0.2, 0.25) is 0 Å². The average molecular weight is 267 g/mol. The normalized spacial score (nSPS) is 12.5. The number of hydrogen-bond acceptors (Lipinski definition) is 1. The van der Waals surface area contributed by atoms with E-state index < -0.39 is 0 Å². The van der Waals surface area contributed by atoms with Crippen LogP contribution in [0.1, 0.15) is 55.0 Å². The molecular weight excluding hydrogens is 242 g/mol. The van der Waals surface area contributed by atoms with Gasteiger partial charge in [0.15, 0.2) is 0 Å². The molecule has 2 rings (SSSR count). The Hall–Kier alpha value is -1.76. The van der Waals surface area contributed by atoms with E-state index in [-0.39, 0.29) is 0 Å². The summed E-state index contributed by atoms with van der Waals surface area (Å²) in [6.07, 6.45) is 0. The maximum Gasteiger partial charge on any atom is 0.0488 e. The first-order valence-corrected chi connectivity index (χ1v) is 7.41. The lowest BCUT2D eigenvalue weighted by Gasteiger charge is -2.21. The summed E-state index contributed by atoms with van der Waals surface area (Å²) in [7, 11) is 0. The van der Waals surface area contributed by atoms with Crippen molar-refractivity contribution in [3.05, 3.63) is 64.7 Å². The van der Waals surface area contributed by atoms with Crippen molar-refractivity contribution in [2.75, 3.05) is 5.32 Å². The summed E-state index contributed by atoms with van der Waals surface area (Å²) in [4.78, 5) is 0. The monoisotopic (exact) mass is 267 g/mol. The van der Waals surface area contributed by atoms with Crippen molar-refractivity contribution in [1.29, 1.82) is 0 Å². The number of hydrogen-bond donors (Lipinski definition) is 1. The fourth-order valence-corrected chi connectivity index (χ4v) is 2.75. The largest absolute Gasteiger partial charge is 0.378 e. The van der Waals surface area contributed by atoms with E-state index in [0.29, 0.717) is 12.0 Å². The molecule has 0 fully saturated rings. The molecule has 1 heteroatoms. The lowest BCUT2D eigenvalue weighted by molar-refractivity contribution is 0.837. The Morgan fingerprint density at radius 2 is 1.55 bits per heavy atom. The van der Waals surface area contributed by atoms with Crippen LogP contribution in [0.4, 0.5) is 5.69 Å². The summed E-state index contributed by atoms with van der Waals surface area (Å²) >= 11 is 0. The molecule has 2 aromatic carbocycles. The van der Waals surface area contributed by atoms with E-state index in [1.54, 1.807) is 0 Å².